The molecule has 4 aromatic rings. The standard InChI is InChI=1S/C19H12BrN3O3S/c20-13-5-6-16(24)12(7-13)9-21-23-19-22-15(10-27-19)14-8-11-3-1-2-4-17(11)26-18(14)25/h1-10,24H,(H,22,23)/b21-9+. The van der Waals surface area contributed by atoms with Crippen LogP contribution in [0.15, 0.2) is 72.7 Å². The van der Waals surface area contributed by atoms with Crippen LogP contribution >= 0.6 is 27.3 Å². The lowest BCUT2D eigenvalue weighted by molar-refractivity contribution is 0.474. The molecule has 0 aliphatic heterocycles. The number of rotatable bonds is 4. The third-order valence-electron chi connectivity index (χ3n) is 3.77. The molecule has 0 spiro atoms. The number of hydrazone groups is 1. The van der Waals surface area contributed by atoms with Crippen LogP contribution in [0.25, 0.3) is 22.2 Å². The highest BCUT2D eigenvalue weighted by atomic mass is 79.9. The van der Waals surface area contributed by atoms with Gasteiger partial charge in [-0.15, -0.1) is 11.3 Å². The summed E-state index contributed by atoms with van der Waals surface area (Å²) in [5.74, 6) is 0.123. The van der Waals surface area contributed by atoms with Gasteiger partial charge in [-0.3, -0.25) is 5.43 Å². The molecule has 0 amide bonds. The number of nitrogens with one attached hydrogen (secondary N) is 1. The quantitative estimate of drug-likeness (QED) is 0.269. The molecular formula is C19H12BrN3O3S. The summed E-state index contributed by atoms with van der Waals surface area (Å²) < 4.78 is 6.18. The van der Waals surface area contributed by atoms with Crippen LogP contribution in [-0.4, -0.2) is 16.3 Å². The lowest BCUT2D eigenvalue weighted by Crippen LogP contribution is -2.02. The number of anilines is 1. The molecule has 0 atom stereocenters. The van der Waals surface area contributed by atoms with Gasteiger partial charge in [0.05, 0.1) is 17.5 Å². The van der Waals surface area contributed by atoms with Gasteiger partial charge in [-0.1, -0.05) is 34.1 Å². The molecule has 0 fully saturated rings. The highest BCUT2D eigenvalue weighted by Crippen LogP contribution is 2.25. The fourth-order valence-corrected chi connectivity index (χ4v) is 3.51. The van der Waals surface area contributed by atoms with Gasteiger partial charge in [0.1, 0.15) is 11.3 Å². The molecule has 0 aliphatic carbocycles. The number of aromatic hydroxyl groups is 1. The molecule has 0 aliphatic rings. The fourth-order valence-electron chi connectivity index (χ4n) is 2.48. The van der Waals surface area contributed by atoms with Crippen molar-refractivity contribution in [1.82, 2.24) is 4.98 Å². The Kier molecular flexibility index (Phi) is 4.74. The van der Waals surface area contributed by atoms with Gasteiger partial charge >= 0.3 is 5.63 Å². The van der Waals surface area contributed by atoms with Crippen LogP contribution in [0.1, 0.15) is 5.56 Å². The molecule has 134 valence electrons. The van der Waals surface area contributed by atoms with Crippen molar-refractivity contribution >= 4 is 49.6 Å². The van der Waals surface area contributed by atoms with Crippen molar-refractivity contribution in [3.05, 3.63) is 74.4 Å². The SMILES string of the molecule is O=c1oc2ccccc2cc1-c1csc(N/N=C/c2cc(Br)ccc2O)n1. The van der Waals surface area contributed by atoms with Crippen molar-refractivity contribution in [1.29, 1.82) is 0 Å². The van der Waals surface area contributed by atoms with Crippen LogP contribution in [-0.2, 0) is 0 Å². The van der Waals surface area contributed by atoms with Crippen LogP contribution in [0, 0.1) is 0 Å². The molecule has 2 heterocycles. The summed E-state index contributed by atoms with van der Waals surface area (Å²) in [5.41, 5.74) is 4.38. The summed E-state index contributed by atoms with van der Waals surface area (Å²) in [7, 11) is 0. The number of halogens is 1. The van der Waals surface area contributed by atoms with Gasteiger partial charge in [0.25, 0.3) is 0 Å². The van der Waals surface area contributed by atoms with Gasteiger partial charge in [-0.05, 0) is 30.3 Å². The molecule has 8 heteroatoms. The number of phenolic OH excluding ortho intramolecular Hbond substituents is 1. The number of thiazole rings is 1. The zero-order valence-electron chi connectivity index (χ0n) is 13.7. The van der Waals surface area contributed by atoms with Crippen molar-refractivity contribution in [3.63, 3.8) is 0 Å². The van der Waals surface area contributed by atoms with Crippen LogP contribution in [0.5, 0.6) is 5.75 Å². The van der Waals surface area contributed by atoms with Crippen LogP contribution in [0.4, 0.5) is 5.13 Å². The highest BCUT2D eigenvalue weighted by Gasteiger charge is 2.11. The van der Waals surface area contributed by atoms with Gasteiger partial charge in [0.15, 0.2) is 0 Å². The molecule has 27 heavy (non-hydrogen) atoms. The third kappa shape index (κ3) is 3.76. The summed E-state index contributed by atoms with van der Waals surface area (Å²) >= 11 is 4.66. The second-order valence-electron chi connectivity index (χ2n) is 5.60. The average Bonchev–Trinajstić information content (AvgIpc) is 3.12. The molecule has 4 rings (SSSR count). The molecule has 6 nitrogen and oxygen atoms in total. The Balaban J connectivity index is 1.57. The number of nitrogens with zero attached hydrogens (tertiary/aromatic N) is 2. The Morgan fingerprint density at radius 1 is 1.22 bits per heavy atom. The summed E-state index contributed by atoms with van der Waals surface area (Å²) in [4.78, 5) is 16.6. The Labute approximate surface area is 165 Å². The topological polar surface area (TPSA) is 87.7 Å². The number of para-hydroxylation sites is 1. The first kappa shape index (κ1) is 17.4. The number of phenols is 1. The van der Waals surface area contributed by atoms with E-state index in [0.29, 0.717) is 27.5 Å². The predicted octanol–water partition coefficient (Wildman–Crippen LogP) is 4.83. The van der Waals surface area contributed by atoms with Crippen molar-refractivity contribution in [2.45, 2.75) is 0 Å². The minimum Gasteiger partial charge on any atom is -0.507 e. The number of hydrogen-bond acceptors (Lipinski definition) is 7. The Hall–Kier alpha value is -2.97. The van der Waals surface area contributed by atoms with Crippen molar-refractivity contribution in [3.8, 4) is 17.0 Å². The smallest absolute Gasteiger partial charge is 0.345 e. The van der Waals surface area contributed by atoms with E-state index in [1.165, 1.54) is 17.6 Å². The second-order valence-corrected chi connectivity index (χ2v) is 7.37. The first-order chi connectivity index (χ1) is 13.1. The zero-order valence-corrected chi connectivity index (χ0v) is 16.1. The maximum Gasteiger partial charge on any atom is 0.345 e. The first-order valence-corrected chi connectivity index (χ1v) is 9.54. The lowest BCUT2D eigenvalue weighted by Gasteiger charge is -2.00. The maximum absolute atomic E-state index is 12.2. The normalized spacial score (nSPS) is 11.3. The van der Waals surface area contributed by atoms with Gasteiger partial charge in [-0.25, -0.2) is 9.78 Å². The summed E-state index contributed by atoms with van der Waals surface area (Å²) in [6.45, 7) is 0. The highest BCUT2D eigenvalue weighted by molar-refractivity contribution is 9.10. The molecule has 0 bridgehead atoms. The summed E-state index contributed by atoms with van der Waals surface area (Å²) in [6.07, 6.45) is 1.49. The van der Waals surface area contributed by atoms with E-state index in [0.717, 1.165) is 9.86 Å². The van der Waals surface area contributed by atoms with Gasteiger partial charge < -0.3 is 9.52 Å². The monoisotopic (exact) mass is 441 g/mol. The van der Waals surface area contributed by atoms with Crippen molar-refractivity contribution in [2.24, 2.45) is 5.10 Å². The summed E-state index contributed by atoms with van der Waals surface area (Å²) in [6, 6.07) is 14.1. The van der Waals surface area contributed by atoms with Gasteiger partial charge in [-0.2, -0.15) is 5.10 Å². The van der Waals surface area contributed by atoms with Gasteiger partial charge in [0, 0.05) is 20.8 Å². The van der Waals surface area contributed by atoms with E-state index in [9.17, 15) is 9.90 Å². The first-order valence-electron chi connectivity index (χ1n) is 7.86. The Bertz CT molecular complexity index is 1220. The summed E-state index contributed by atoms with van der Waals surface area (Å²) in [5, 5.41) is 17.0. The van der Waals surface area contributed by atoms with Crippen LogP contribution < -0.4 is 11.1 Å². The van der Waals surface area contributed by atoms with Crippen LogP contribution in [0.3, 0.4) is 0 Å². The lowest BCUT2D eigenvalue weighted by atomic mass is 10.1. The number of hydrogen-bond donors (Lipinski definition) is 2. The Morgan fingerprint density at radius 3 is 2.96 bits per heavy atom. The molecule has 0 unspecified atom stereocenters. The van der Waals surface area contributed by atoms with E-state index in [-0.39, 0.29) is 5.75 Å². The molecule has 0 radical (unpaired) electrons. The zero-order chi connectivity index (χ0) is 18.8. The predicted molar refractivity (Wildman–Crippen MR) is 111 cm³/mol. The fraction of sp³-hybridized carbons (Fsp3) is 0. The largest absolute Gasteiger partial charge is 0.507 e. The molecule has 0 saturated heterocycles. The third-order valence-corrected chi connectivity index (χ3v) is 5.02. The number of fused-ring (bicyclic) bond motifs is 1. The van der Waals surface area contributed by atoms with Gasteiger partial charge in [0.2, 0.25) is 5.13 Å². The van der Waals surface area contributed by atoms with Crippen molar-refractivity contribution < 1.29 is 9.52 Å². The molecule has 2 aromatic carbocycles. The van der Waals surface area contributed by atoms with E-state index in [4.69, 9.17) is 4.42 Å². The van der Waals surface area contributed by atoms with E-state index in [1.54, 1.807) is 35.7 Å². The minimum absolute atomic E-state index is 0.123. The van der Waals surface area contributed by atoms with E-state index >= 15 is 0 Å². The van der Waals surface area contributed by atoms with E-state index < -0.39 is 5.63 Å². The van der Waals surface area contributed by atoms with Crippen molar-refractivity contribution in [2.75, 3.05) is 5.43 Å². The van der Waals surface area contributed by atoms with E-state index in [1.807, 2.05) is 18.2 Å². The molecule has 2 aromatic heterocycles. The minimum atomic E-state index is -0.437. The molecular weight excluding hydrogens is 430 g/mol. The van der Waals surface area contributed by atoms with Crippen LogP contribution in [0.2, 0.25) is 0 Å². The average molecular weight is 442 g/mol. The number of aromatic nitrogens is 1. The Morgan fingerprint density at radius 2 is 2.07 bits per heavy atom. The maximum atomic E-state index is 12.2. The van der Waals surface area contributed by atoms with E-state index in [2.05, 4.69) is 31.4 Å². The number of benzene rings is 2. The second kappa shape index (κ2) is 7.34. The molecule has 0 saturated carbocycles. The molecule has 2 N–H and O–H groups in total.